The highest BCUT2D eigenvalue weighted by Gasteiger charge is 2.45. The standard InChI is InChI=1S/C17H22N4O8/c18-16-10-5-4-9(21(10)20-8-19-16)15-14(25)13(24)11(29-15)7-28-17(26)27-6-2-1-3-12(22)23/h4-5,8,11,13-15,24-25H,1-3,6-7H2,(H,22,23)(H2,18,19,20)/t11-,13-,14-,15+/m1/s1. The minimum atomic E-state index is -1.30. The van der Waals surface area contributed by atoms with Crippen LogP contribution in [0.2, 0.25) is 0 Å². The van der Waals surface area contributed by atoms with E-state index in [1.54, 1.807) is 12.1 Å². The number of carbonyl (C=O) groups is 2. The zero-order chi connectivity index (χ0) is 21.0. The third-order valence-corrected chi connectivity index (χ3v) is 4.54. The van der Waals surface area contributed by atoms with Crippen LogP contribution in [0.4, 0.5) is 10.6 Å². The molecule has 5 N–H and O–H groups in total. The largest absolute Gasteiger partial charge is 0.508 e. The fourth-order valence-corrected chi connectivity index (χ4v) is 3.04. The number of anilines is 1. The van der Waals surface area contributed by atoms with Gasteiger partial charge in [0.25, 0.3) is 0 Å². The number of fused-ring (bicyclic) bond motifs is 1. The van der Waals surface area contributed by atoms with Crippen LogP contribution < -0.4 is 5.73 Å². The molecule has 1 saturated heterocycles. The molecule has 29 heavy (non-hydrogen) atoms. The van der Waals surface area contributed by atoms with Crippen LogP contribution in [0, 0.1) is 0 Å². The molecule has 1 fully saturated rings. The smallest absolute Gasteiger partial charge is 0.481 e. The number of carboxylic acids is 1. The molecule has 0 aromatic carbocycles. The fraction of sp³-hybridized carbons (Fsp3) is 0.529. The first-order chi connectivity index (χ1) is 13.9. The lowest BCUT2D eigenvalue weighted by atomic mass is 10.1. The molecule has 0 saturated carbocycles. The minimum absolute atomic E-state index is 0.00915. The number of nitrogens with zero attached hydrogens (tertiary/aromatic N) is 3. The maximum Gasteiger partial charge on any atom is 0.508 e. The van der Waals surface area contributed by atoms with Crippen molar-refractivity contribution in [3.05, 3.63) is 24.2 Å². The molecule has 12 heteroatoms. The van der Waals surface area contributed by atoms with Gasteiger partial charge in [-0.1, -0.05) is 0 Å². The topological polar surface area (TPSA) is 179 Å². The number of rotatable bonds is 8. The Morgan fingerprint density at radius 3 is 2.76 bits per heavy atom. The highest BCUT2D eigenvalue weighted by atomic mass is 16.7. The van der Waals surface area contributed by atoms with Gasteiger partial charge in [-0.2, -0.15) is 5.10 Å². The van der Waals surface area contributed by atoms with E-state index in [0.717, 1.165) is 0 Å². The van der Waals surface area contributed by atoms with Crippen molar-refractivity contribution in [1.29, 1.82) is 0 Å². The van der Waals surface area contributed by atoms with Gasteiger partial charge in [-0.15, -0.1) is 0 Å². The van der Waals surface area contributed by atoms with E-state index >= 15 is 0 Å². The van der Waals surface area contributed by atoms with Crippen LogP contribution in [0.15, 0.2) is 18.5 Å². The molecule has 0 radical (unpaired) electrons. The number of carboxylic acid groups (broad SMARTS) is 1. The van der Waals surface area contributed by atoms with E-state index in [0.29, 0.717) is 24.1 Å². The molecule has 0 aliphatic carbocycles. The van der Waals surface area contributed by atoms with E-state index in [-0.39, 0.29) is 25.5 Å². The van der Waals surface area contributed by atoms with Crippen LogP contribution in [-0.2, 0) is 19.0 Å². The summed E-state index contributed by atoms with van der Waals surface area (Å²) in [5, 5.41) is 33.2. The van der Waals surface area contributed by atoms with E-state index in [2.05, 4.69) is 10.1 Å². The zero-order valence-corrected chi connectivity index (χ0v) is 15.4. The lowest BCUT2D eigenvalue weighted by molar-refractivity contribution is -0.137. The lowest BCUT2D eigenvalue weighted by Crippen LogP contribution is -2.34. The van der Waals surface area contributed by atoms with Crippen LogP contribution in [-0.4, -0.2) is 73.6 Å². The molecular weight excluding hydrogens is 388 g/mol. The van der Waals surface area contributed by atoms with Crippen molar-refractivity contribution in [2.75, 3.05) is 18.9 Å². The van der Waals surface area contributed by atoms with Gasteiger partial charge in [0, 0.05) is 6.42 Å². The molecule has 0 unspecified atom stereocenters. The summed E-state index contributed by atoms with van der Waals surface area (Å²) in [6, 6.07) is 3.31. The van der Waals surface area contributed by atoms with Crippen LogP contribution in [0.3, 0.4) is 0 Å². The first kappa shape index (κ1) is 20.8. The Morgan fingerprint density at radius 2 is 2.00 bits per heavy atom. The summed E-state index contributed by atoms with van der Waals surface area (Å²) < 4.78 is 16.9. The molecule has 2 aromatic rings. The molecule has 0 amide bonds. The second-order valence-corrected chi connectivity index (χ2v) is 6.54. The predicted octanol–water partition coefficient (Wildman–Crippen LogP) is -0.119. The number of aromatic nitrogens is 3. The second kappa shape index (κ2) is 9.03. The summed E-state index contributed by atoms with van der Waals surface area (Å²) in [7, 11) is 0. The maximum absolute atomic E-state index is 11.6. The number of ether oxygens (including phenoxy) is 3. The molecule has 3 rings (SSSR count). The van der Waals surface area contributed by atoms with Gasteiger partial charge < -0.3 is 35.3 Å². The minimum Gasteiger partial charge on any atom is -0.481 e. The van der Waals surface area contributed by atoms with Crippen molar-refractivity contribution in [3.8, 4) is 0 Å². The summed E-state index contributed by atoms with van der Waals surface area (Å²) in [6.07, 6.45) is -3.42. The molecule has 1 aliphatic rings. The molecular formula is C17H22N4O8. The number of unbranched alkanes of at least 4 members (excludes halogenated alkanes) is 1. The quantitative estimate of drug-likeness (QED) is 0.337. The Kier molecular flexibility index (Phi) is 6.46. The lowest BCUT2D eigenvalue weighted by Gasteiger charge is -2.14. The zero-order valence-electron chi connectivity index (χ0n) is 15.4. The average Bonchev–Trinajstić information content (AvgIpc) is 3.22. The molecule has 4 atom stereocenters. The maximum atomic E-state index is 11.6. The second-order valence-electron chi connectivity index (χ2n) is 6.54. The van der Waals surface area contributed by atoms with Gasteiger partial charge in [0.15, 0.2) is 5.82 Å². The van der Waals surface area contributed by atoms with Crippen LogP contribution >= 0.6 is 0 Å². The number of hydrogen-bond acceptors (Lipinski definition) is 10. The summed E-state index contributed by atoms with van der Waals surface area (Å²) in [5.74, 6) is -0.664. The van der Waals surface area contributed by atoms with Gasteiger partial charge in [-0.3, -0.25) is 4.79 Å². The van der Waals surface area contributed by atoms with Gasteiger partial charge >= 0.3 is 12.1 Å². The molecule has 12 nitrogen and oxygen atoms in total. The SMILES string of the molecule is Nc1ncnn2c([C@@H]3O[C@H](COC(=O)OCCCCC(=O)O)[C@@H](O)[C@H]3O)ccc12. The number of aliphatic hydroxyl groups excluding tert-OH is 2. The average molecular weight is 410 g/mol. The Hall–Kier alpha value is -2.96. The number of carbonyl (C=O) groups excluding carboxylic acids is 1. The number of aliphatic carboxylic acids is 1. The Morgan fingerprint density at radius 1 is 1.21 bits per heavy atom. The van der Waals surface area contributed by atoms with E-state index in [1.807, 2.05) is 0 Å². The monoisotopic (exact) mass is 410 g/mol. The van der Waals surface area contributed by atoms with Gasteiger partial charge in [0.1, 0.15) is 42.9 Å². The third kappa shape index (κ3) is 4.72. The number of nitrogen functional groups attached to an aromatic ring is 1. The van der Waals surface area contributed by atoms with Crippen molar-refractivity contribution < 1.29 is 39.1 Å². The molecule has 158 valence electrons. The van der Waals surface area contributed by atoms with Gasteiger partial charge in [0.2, 0.25) is 0 Å². The third-order valence-electron chi connectivity index (χ3n) is 4.54. The highest BCUT2D eigenvalue weighted by Crippen LogP contribution is 2.34. The predicted molar refractivity (Wildman–Crippen MR) is 95.8 cm³/mol. The van der Waals surface area contributed by atoms with E-state index < -0.39 is 36.5 Å². The van der Waals surface area contributed by atoms with Crippen molar-refractivity contribution >= 4 is 23.5 Å². The van der Waals surface area contributed by atoms with Crippen LogP contribution in [0.1, 0.15) is 31.1 Å². The van der Waals surface area contributed by atoms with E-state index in [4.69, 9.17) is 25.1 Å². The molecule has 0 spiro atoms. The summed E-state index contributed by atoms with van der Waals surface area (Å²) in [4.78, 5) is 25.9. The van der Waals surface area contributed by atoms with E-state index in [1.165, 1.54) is 10.8 Å². The highest BCUT2D eigenvalue weighted by molar-refractivity contribution is 5.66. The molecule has 3 heterocycles. The summed E-state index contributed by atoms with van der Waals surface area (Å²) >= 11 is 0. The normalized spacial score (nSPS) is 23.9. The summed E-state index contributed by atoms with van der Waals surface area (Å²) in [6.45, 7) is -0.314. The fourth-order valence-electron chi connectivity index (χ4n) is 3.04. The Bertz CT molecular complexity index is 872. The molecule has 2 aromatic heterocycles. The first-order valence-electron chi connectivity index (χ1n) is 8.99. The molecule has 1 aliphatic heterocycles. The van der Waals surface area contributed by atoms with Crippen LogP contribution in [0.5, 0.6) is 0 Å². The number of hydrogen-bond donors (Lipinski definition) is 4. The van der Waals surface area contributed by atoms with Gasteiger partial charge in [-0.25, -0.2) is 14.3 Å². The van der Waals surface area contributed by atoms with Gasteiger partial charge in [-0.05, 0) is 25.0 Å². The van der Waals surface area contributed by atoms with E-state index in [9.17, 15) is 19.8 Å². The van der Waals surface area contributed by atoms with Crippen molar-refractivity contribution in [2.45, 2.75) is 43.7 Å². The van der Waals surface area contributed by atoms with Crippen molar-refractivity contribution in [1.82, 2.24) is 14.6 Å². The van der Waals surface area contributed by atoms with Gasteiger partial charge in [0.05, 0.1) is 12.3 Å². The number of nitrogens with two attached hydrogens (primary N) is 1. The number of aliphatic hydroxyl groups is 2. The Balaban J connectivity index is 1.52. The molecule has 0 bridgehead atoms. The van der Waals surface area contributed by atoms with Crippen molar-refractivity contribution in [3.63, 3.8) is 0 Å². The summed E-state index contributed by atoms with van der Waals surface area (Å²) in [5.41, 5.74) is 6.78. The Labute approximate surface area is 164 Å². The van der Waals surface area contributed by atoms with Crippen LogP contribution in [0.25, 0.3) is 5.52 Å². The first-order valence-corrected chi connectivity index (χ1v) is 8.99. The van der Waals surface area contributed by atoms with Crippen molar-refractivity contribution in [2.24, 2.45) is 0 Å².